The molecular weight excluding hydrogens is 428 g/mol. The van der Waals surface area contributed by atoms with Crippen molar-refractivity contribution in [3.05, 3.63) is 63.6 Å². The molecule has 0 atom stereocenters. The van der Waals surface area contributed by atoms with Crippen LogP contribution in [0.2, 0.25) is 0 Å². The van der Waals surface area contributed by atoms with Gasteiger partial charge in [0.1, 0.15) is 5.01 Å². The van der Waals surface area contributed by atoms with Gasteiger partial charge in [-0.3, -0.25) is 4.79 Å². The van der Waals surface area contributed by atoms with Crippen molar-refractivity contribution in [2.24, 2.45) is 0 Å². The number of carbonyl (C=O) groups excluding carboxylic acids is 1. The summed E-state index contributed by atoms with van der Waals surface area (Å²) in [4.78, 5) is 16.9. The SMILES string of the molecule is CCOc1cc(C#N)cc(Br)c1OC(=O)Cc1csc(-c2ccccc2)n1. The summed E-state index contributed by atoms with van der Waals surface area (Å²) in [6, 6.07) is 15.0. The van der Waals surface area contributed by atoms with E-state index in [-0.39, 0.29) is 12.2 Å². The number of nitriles is 1. The molecule has 5 nitrogen and oxygen atoms in total. The Bertz CT molecular complexity index is 996. The first kappa shape index (κ1) is 19.1. The first-order valence-corrected chi connectivity index (χ1v) is 9.85. The van der Waals surface area contributed by atoms with Crippen LogP contribution in [-0.2, 0) is 11.2 Å². The Labute approximate surface area is 169 Å². The van der Waals surface area contributed by atoms with E-state index in [1.165, 1.54) is 11.3 Å². The van der Waals surface area contributed by atoms with Crippen LogP contribution < -0.4 is 9.47 Å². The summed E-state index contributed by atoms with van der Waals surface area (Å²) >= 11 is 4.82. The molecule has 0 spiro atoms. The lowest BCUT2D eigenvalue weighted by Crippen LogP contribution is -2.13. The van der Waals surface area contributed by atoms with Gasteiger partial charge in [-0.2, -0.15) is 5.26 Å². The minimum absolute atomic E-state index is 0.0430. The average Bonchev–Trinajstić information content (AvgIpc) is 3.13. The molecule has 3 aromatic rings. The molecule has 0 saturated heterocycles. The van der Waals surface area contributed by atoms with Gasteiger partial charge < -0.3 is 9.47 Å². The maximum Gasteiger partial charge on any atom is 0.317 e. The Morgan fingerprint density at radius 3 is 2.78 bits per heavy atom. The average molecular weight is 443 g/mol. The topological polar surface area (TPSA) is 72.2 Å². The predicted molar refractivity (Wildman–Crippen MR) is 107 cm³/mol. The molecule has 2 aromatic carbocycles. The molecule has 0 amide bonds. The standard InChI is InChI=1S/C20H15BrN2O3S/c1-2-25-17-9-13(11-22)8-16(21)19(17)26-18(24)10-15-12-27-20(23-15)14-6-4-3-5-7-14/h3-9,12H,2,10H2,1H3. The molecule has 0 saturated carbocycles. The zero-order valence-electron chi connectivity index (χ0n) is 14.4. The number of halogens is 1. The van der Waals surface area contributed by atoms with Crippen LogP contribution in [0.4, 0.5) is 0 Å². The summed E-state index contributed by atoms with van der Waals surface area (Å²) in [5, 5.41) is 11.8. The van der Waals surface area contributed by atoms with E-state index >= 15 is 0 Å². The number of benzene rings is 2. The largest absolute Gasteiger partial charge is 0.490 e. The van der Waals surface area contributed by atoms with Gasteiger partial charge in [0.05, 0.1) is 34.8 Å². The number of aromatic nitrogens is 1. The van der Waals surface area contributed by atoms with Crippen LogP contribution in [0.15, 0.2) is 52.3 Å². The fourth-order valence-corrected chi connectivity index (χ4v) is 3.74. The molecule has 0 N–H and O–H groups in total. The van der Waals surface area contributed by atoms with Gasteiger partial charge in [-0.15, -0.1) is 11.3 Å². The molecule has 1 heterocycles. The highest BCUT2D eigenvalue weighted by Gasteiger charge is 2.17. The molecule has 0 unspecified atom stereocenters. The summed E-state index contributed by atoms with van der Waals surface area (Å²) in [6.45, 7) is 2.21. The van der Waals surface area contributed by atoms with E-state index < -0.39 is 5.97 Å². The molecule has 27 heavy (non-hydrogen) atoms. The van der Waals surface area contributed by atoms with Gasteiger partial charge in [0.2, 0.25) is 0 Å². The third kappa shape index (κ3) is 4.73. The van der Waals surface area contributed by atoms with E-state index in [1.54, 1.807) is 12.1 Å². The van der Waals surface area contributed by atoms with Gasteiger partial charge in [-0.05, 0) is 28.9 Å². The maximum absolute atomic E-state index is 12.4. The van der Waals surface area contributed by atoms with Gasteiger partial charge in [-0.25, -0.2) is 4.98 Å². The van der Waals surface area contributed by atoms with Crippen molar-refractivity contribution >= 4 is 33.2 Å². The molecule has 136 valence electrons. The zero-order chi connectivity index (χ0) is 19.2. The molecule has 0 aliphatic carbocycles. The van der Waals surface area contributed by atoms with Gasteiger partial charge in [0, 0.05) is 17.0 Å². The Hall–Kier alpha value is -2.69. The van der Waals surface area contributed by atoms with Gasteiger partial charge >= 0.3 is 5.97 Å². The summed E-state index contributed by atoms with van der Waals surface area (Å²) < 4.78 is 11.5. The molecule has 0 fully saturated rings. The highest BCUT2D eigenvalue weighted by Crippen LogP contribution is 2.37. The minimum atomic E-state index is -0.453. The summed E-state index contributed by atoms with van der Waals surface area (Å²) in [7, 11) is 0. The second kappa shape index (κ2) is 8.80. The van der Waals surface area contributed by atoms with Crippen LogP contribution in [-0.4, -0.2) is 17.6 Å². The summed E-state index contributed by atoms with van der Waals surface area (Å²) in [6.07, 6.45) is 0.0430. The second-order valence-corrected chi connectivity index (χ2v) is 7.20. The van der Waals surface area contributed by atoms with E-state index in [0.29, 0.717) is 28.1 Å². The number of rotatable bonds is 6. The van der Waals surface area contributed by atoms with Crippen LogP contribution in [0.5, 0.6) is 11.5 Å². The molecule has 0 aliphatic rings. The fraction of sp³-hybridized carbons (Fsp3) is 0.150. The molecule has 0 aliphatic heterocycles. The first-order chi connectivity index (χ1) is 13.1. The van der Waals surface area contributed by atoms with Crippen molar-refractivity contribution < 1.29 is 14.3 Å². The number of hydrogen-bond acceptors (Lipinski definition) is 6. The van der Waals surface area contributed by atoms with E-state index in [1.807, 2.05) is 48.7 Å². The van der Waals surface area contributed by atoms with Crippen molar-refractivity contribution in [3.8, 4) is 28.1 Å². The van der Waals surface area contributed by atoms with Crippen molar-refractivity contribution in [2.75, 3.05) is 6.61 Å². The molecule has 3 rings (SSSR count). The highest BCUT2D eigenvalue weighted by atomic mass is 79.9. The Morgan fingerprint density at radius 2 is 2.07 bits per heavy atom. The van der Waals surface area contributed by atoms with Crippen LogP contribution in [0.3, 0.4) is 0 Å². The maximum atomic E-state index is 12.4. The third-order valence-corrected chi connectivity index (χ3v) is 5.08. The lowest BCUT2D eigenvalue weighted by Gasteiger charge is -2.12. The zero-order valence-corrected chi connectivity index (χ0v) is 16.8. The quantitative estimate of drug-likeness (QED) is 0.397. The van der Waals surface area contributed by atoms with Gasteiger partial charge in [-0.1, -0.05) is 30.3 Å². The smallest absolute Gasteiger partial charge is 0.317 e. The van der Waals surface area contributed by atoms with Gasteiger partial charge in [0.25, 0.3) is 0 Å². The number of thiazole rings is 1. The first-order valence-electron chi connectivity index (χ1n) is 8.17. The van der Waals surface area contributed by atoms with Crippen LogP contribution in [0, 0.1) is 11.3 Å². The van der Waals surface area contributed by atoms with E-state index in [4.69, 9.17) is 14.7 Å². The van der Waals surface area contributed by atoms with Crippen LogP contribution >= 0.6 is 27.3 Å². The van der Waals surface area contributed by atoms with Crippen molar-refractivity contribution in [1.29, 1.82) is 5.26 Å². The number of hydrogen-bond donors (Lipinski definition) is 0. The number of esters is 1. The van der Waals surface area contributed by atoms with Crippen molar-refractivity contribution in [1.82, 2.24) is 4.98 Å². The molecule has 1 aromatic heterocycles. The number of carbonyl (C=O) groups is 1. The van der Waals surface area contributed by atoms with E-state index in [9.17, 15) is 4.79 Å². The number of nitrogens with zero attached hydrogens (tertiary/aromatic N) is 2. The highest BCUT2D eigenvalue weighted by molar-refractivity contribution is 9.10. The van der Waals surface area contributed by atoms with Crippen LogP contribution in [0.1, 0.15) is 18.2 Å². The van der Waals surface area contributed by atoms with Gasteiger partial charge in [0.15, 0.2) is 11.5 Å². The molecule has 0 radical (unpaired) electrons. The lowest BCUT2D eigenvalue weighted by atomic mass is 10.2. The Balaban J connectivity index is 1.75. The second-order valence-electron chi connectivity index (χ2n) is 5.49. The molecule has 7 heteroatoms. The third-order valence-electron chi connectivity index (χ3n) is 3.55. The van der Waals surface area contributed by atoms with Crippen molar-refractivity contribution in [2.45, 2.75) is 13.3 Å². The molecular formula is C20H15BrN2O3S. The normalized spacial score (nSPS) is 10.3. The monoisotopic (exact) mass is 442 g/mol. The lowest BCUT2D eigenvalue weighted by molar-refractivity contribution is -0.133. The summed E-state index contributed by atoms with van der Waals surface area (Å²) in [5.41, 5.74) is 2.07. The minimum Gasteiger partial charge on any atom is -0.490 e. The molecule has 0 bridgehead atoms. The summed E-state index contributed by atoms with van der Waals surface area (Å²) in [5.74, 6) is 0.158. The fourth-order valence-electron chi connectivity index (χ4n) is 2.39. The van der Waals surface area contributed by atoms with E-state index in [2.05, 4.69) is 20.9 Å². The predicted octanol–water partition coefficient (Wildman–Crippen LogP) is 4.99. The van der Waals surface area contributed by atoms with Crippen LogP contribution in [0.25, 0.3) is 10.6 Å². The Kier molecular flexibility index (Phi) is 6.22. The van der Waals surface area contributed by atoms with Crippen molar-refractivity contribution in [3.63, 3.8) is 0 Å². The number of ether oxygens (including phenoxy) is 2. The van der Waals surface area contributed by atoms with E-state index in [0.717, 1.165) is 10.6 Å². The Morgan fingerprint density at radius 1 is 1.30 bits per heavy atom.